The molecular formula is C23H23F2N3O3. The van der Waals surface area contributed by atoms with E-state index in [0.717, 1.165) is 31.4 Å². The molecule has 0 radical (unpaired) electrons. The predicted octanol–water partition coefficient (Wildman–Crippen LogP) is 4.53. The number of imidazole rings is 1. The van der Waals surface area contributed by atoms with Crippen LogP contribution in [0.25, 0.3) is 5.65 Å². The molecule has 0 saturated carbocycles. The quantitative estimate of drug-likeness (QED) is 0.541. The number of fused-ring (bicyclic) bond motifs is 3. The lowest BCUT2D eigenvalue weighted by Crippen LogP contribution is -2.23. The number of nitrogens with zero attached hydrogens (tertiary/aromatic N) is 3. The lowest BCUT2D eigenvalue weighted by Gasteiger charge is -2.26. The summed E-state index contributed by atoms with van der Waals surface area (Å²) in [5, 5.41) is 0. The highest BCUT2D eigenvalue weighted by Crippen LogP contribution is 2.41. The molecule has 31 heavy (non-hydrogen) atoms. The third-order valence-electron chi connectivity index (χ3n) is 6.17. The average Bonchev–Trinajstić information content (AvgIpc) is 3.35. The first-order valence-corrected chi connectivity index (χ1v) is 10.5. The second kappa shape index (κ2) is 8.00. The van der Waals surface area contributed by atoms with Crippen LogP contribution in [0.15, 0.2) is 36.7 Å². The monoisotopic (exact) mass is 427 g/mol. The van der Waals surface area contributed by atoms with Crippen molar-refractivity contribution < 1.29 is 23.0 Å². The Morgan fingerprint density at radius 2 is 2.00 bits per heavy atom. The van der Waals surface area contributed by atoms with Gasteiger partial charge in [-0.05, 0) is 49.4 Å². The molecule has 2 aliphatic heterocycles. The molecule has 5 heterocycles. The predicted molar refractivity (Wildman–Crippen MR) is 109 cm³/mol. The summed E-state index contributed by atoms with van der Waals surface area (Å²) in [5.74, 6) is 0.591. The topological polar surface area (TPSA) is 65.7 Å². The van der Waals surface area contributed by atoms with Gasteiger partial charge in [0.05, 0.1) is 25.0 Å². The molecule has 3 aromatic heterocycles. The number of ketones is 1. The molecule has 0 amide bonds. The van der Waals surface area contributed by atoms with Crippen LogP contribution >= 0.6 is 0 Å². The molecular weight excluding hydrogens is 404 g/mol. The molecule has 2 aliphatic rings. The molecule has 5 rings (SSSR count). The number of hydrogen-bond acceptors (Lipinski definition) is 5. The van der Waals surface area contributed by atoms with Crippen LogP contribution in [-0.2, 0) is 11.2 Å². The van der Waals surface area contributed by atoms with Crippen molar-refractivity contribution in [2.45, 2.75) is 56.7 Å². The number of methoxy groups -OCH3 is 1. The first-order chi connectivity index (χ1) is 15.0. The first kappa shape index (κ1) is 20.1. The summed E-state index contributed by atoms with van der Waals surface area (Å²) in [5.41, 5.74) is 2.04. The van der Waals surface area contributed by atoms with Crippen molar-refractivity contribution in [1.82, 2.24) is 14.4 Å². The van der Waals surface area contributed by atoms with Crippen molar-refractivity contribution in [2.75, 3.05) is 7.11 Å². The van der Waals surface area contributed by atoms with Crippen LogP contribution in [0.3, 0.4) is 0 Å². The maximum atomic E-state index is 12.9. The van der Waals surface area contributed by atoms with Gasteiger partial charge >= 0.3 is 0 Å². The van der Waals surface area contributed by atoms with Crippen LogP contribution in [0, 0.1) is 0 Å². The second-order valence-electron chi connectivity index (χ2n) is 8.29. The number of rotatable bonds is 6. The van der Waals surface area contributed by atoms with E-state index < -0.39 is 12.1 Å². The minimum atomic E-state index is -2.71. The van der Waals surface area contributed by atoms with Gasteiger partial charge in [0.15, 0.2) is 17.2 Å². The highest BCUT2D eigenvalue weighted by molar-refractivity contribution is 5.95. The molecule has 0 aliphatic carbocycles. The van der Waals surface area contributed by atoms with Crippen molar-refractivity contribution in [2.24, 2.45) is 0 Å². The summed E-state index contributed by atoms with van der Waals surface area (Å²) in [4.78, 5) is 21.3. The molecule has 162 valence electrons. The third-order valence-corrected chi connectivity index (χ3v) is 6.17. The Kier molecular flexibility index (Phi) is 5.17. The minimum Gasteiger partial charge on any atom is -0.493 e. The second-order valence-corrected chi connectivity index (χ2v) is 8.29. The number of carbonyl (C=O) groups excluding carboxylic acids is 1. The minimum absolute atomic E-state index is 0.0286. The van der Waals surface area contributed by atoms with Crippen LogP contribution in [0.4, 0.5) is 8.78 Å². The van der Waals surface area contributed by atoms with Crippen LogP contribution in [0.2, 0.25) is 0 Å². The fourth-order valence-corrected chi connectivity index (χ4v) is 4.69. The number of aromatic nitrogens is 3. The molecule has 0 spiro atoms. The zero-order chi connectivity index (χ0) is 21.5. The SMILES string of the molecule is COc1cc(CC(=O)c2cccc(C(F)F)n2)cn2cc(C3CC4CCC(C3)O4)nc12. The molecule has 0 aromatic carbocycles. The maximum Gasteiger partial charge on any atom is 0.280 e. The van der Waals surface area contributed by atoms with E-state index in [1.807, 2.05) is 16.8 Å². The largest absolute Gasteiger partial charge is 0.493 e. The van der Waals surface area contributed by atoms with Crippen molar-refractivity contribution in [3.63, 3.8) is 0 Å². The van der Waals surface area contributed by atoms with E-state index in [1.54, 1.807) is 13.2 Å². The van der Waals surface area contributed by atoms with E-state index in [-0.39, 0.29) is 17.9 Å². The lowest BCUT2D eigenvalue weighted by molar-refractivity contribution is -0.00434. The fraction of sp³-hybridized carbons (Fsp3) is 0.435. The molecule has 2 bridgehead atoms. The number of ether oxygens (including phenoxy) is 2. The van der Waals surface area contributed by atoms with E-state index >= 15 is 0 Å². The number of pyridine rings is 2. The summed E-state index contributed by atoms with van der Waals surface area (Å²) in [7, 11) is 1.57. The highest BCUT2D eigenvalue weighted by atomic mass is 19.3. The summed E-state index contributed by atoms with van der Waals surface area (Å²) in [6, 6.07) is 5.87. The molecule has 2 unspecified atom stereocenters. The van der Waals surface area contributed by atoms with Gasteiger partial charge in [-0.1, -0.05) is 6.07 Å². The Hall–Kier alpha value is -2.87. The number of Topliss-reactive ketones (excluding diaryl/α,β-unsaturated/α-hetero) is 1. The Morgan fingerprint density at radius 1 is 1.23 bits per heavy atom. The van der Waals surface area contributed by atoms with Gasteiger partial charge in [0, 0.05) is 24.7 Å². The Bertz CT molecular complexity index is 1120. The fourth-order valence-electron chi connectivity index (χ4n) is 4.69. The maximum absolute atomic E-state index is 12.9. The smallest absolute Gasteiger partial charge is 0.280 e. The van der Waals surface area contributed by atoms with E-state index in [2.05, 4.69) is 4.98 Å². The van der Waals surface area contributed by atoms with Crippen LogP contribution in [-0.4, -0.2) is 39.5 Å². The number of halogens is 2. The zero-order valence-electron chi connectivity index (χ0n) is 17.1. The Labute approximate surface area is 178 Å². The average molecular weight is 427 g/mol. The molecule has 2 fully saturated rings. The number of carbonyl (C=O) groups is 1. The van der Waals surface area contributed by atoms with Gasteiger partial charge in [-0.2, -0.15) is 0 Å². The molecule has 0 N–H and O–H groups in total. The summed E-state index contributed by atoms with van der Waals surface area (Å²) < 4.78 is 39.2. The third kappa shape index (κ3) is 3.92. The molecule has 2 atom stereocenters. The van der Waals surface area contributed by atoms with Crippen molar-refractivity contribution in [3.8, 4) is 5.75 Å². The van der Waals surface area contributed by atoms with Gasteiger partial charge in [-0.25, -0.2) is 18.7 Å². The van der Waals surface area contributed by atoms with Gasteiger partial charge in [-0.15, -0.1) is 0 Å². The van der Waals surface area contributed by atoms with Crippen LogP contribution in [0.1, 0.15) is 65.5 Å². The molecule has 2 saturated heterocycles. The molecule has 8 heteroatoms. The summed E-state index contributed by atoms with van der Waals surface area (Å²) in [6.45, 7) is 0. The first-order valence-electron chi connectivity index (χ1n) is 10.5. The van der Waals surface area contributed by atoms with E-state index in [4.69, 9.17) is 14.5 Å². The number of hydrogen-bond donors (Lipinski definition) is 0. The molecule has 3 aromatic rings. The van der Waals surface area contributed by atoms with E-state index in [9.17, 15) is 13.6 Å². The van der Waals surface area contributed by atoms with Gasteiger partial charge < -0.3 is 13.9 Å². The van der Waals surface area contributed by atoms with Gasteiger partial charge in [0.25, 0.3) is 6.43 Å². The lowest BCUT2D eigenvalue weighted by atomic mass is 9.93. The summed E-state index contributed by atoms with van der Waals surface area (Å²) in [6.07, 6.45) is 5.97. The Morgan fingerprint density at radius 3 is 2.71 bits per heavy atom. The zero-order valence-corrected chi connectivity index (χ0v) is 17.1. The highest BCUT2D eigenvalue weighted by Gasteiger charge is 2.36. The standard InChI is InChI=1S/C23H23F2N3O3/c1-30-21-8-13(7-20(29)17-3-2-4-18(26-17)22(24)25)11-28-12-19(27-23(21)28)14-9-15-5-6-16(10-14)31-15/h2-4,8,11-12,14-16,22H,5-7,9-10H2,1H3. The molecule has 6 nitrogen and oxygen atoms in total. The van der Waals surface area contributed by atoms with E-state index in [1.165, 1.54) is 18.2 Å². The summed E-state index contributed by atoms with van der Waals surface area (Å²) >= 11 is 0. The van der Waals surface area contributed by atoms with Crippen LogP contribution < -0.4 is 4.74 Å². The van der Waals surface area contributed by atoms with Gasteiger partial charge in [0.2, 0.25) is 0 Å². The van der Waals surface area contributed by atoms with E-state index in [0.29, 0.717) is 35.1 Å². The number of alkyl halides is 2. The normalized spacial score (nSPS) is 22.9. The van der Waals surface area contributed by atoms with Gasteiger partial charge in [-0.3, -0.25) is 4.79 Å². The van der Waals surface area contributed by atoms with Crippen LogP contribution in [0.5, 0.6) is 5.75 Å². The van der Waals surface area contributed by atoms with Gasteiger partial charge in [0.1, 0.15) is 11.4 Å². The Balaban J connectivity index is 1.42. The van der Waals surface area contributed by atoms with Crippen molar-refractivity contribution in [3.05, 3.63) is 59.3 Å². The van der Waals surface area contributed by atoms with Crippen molar-refractivity contribution >= 4 is 11.4 Å². The van der Waals surface area contributed by atoms with Crippen molar-refractivity contribution in [1.29, 1.82) is 0 Å².